The Morgan fingerprint density at radius 3 is 2.45 bits per heavy atom. The van der Waals surface area contributed by atoms with Crippen LogP contribution in [0.4, 0.5) is 0 Å². The normalized spacial score (nSPS) is 14.6. The quantitative estimate of drug-likeness (QED) is 0.757. The van der Waals surface area contributed by atoms with Crippen LogP contribution in [0.2, 0.25) is 10.0 Å². The highest BCUT2D eigenvalue weighted by atomic mass is 35.5. The van der Waals surface area contributed by atoms with E-state index in [1.54, 1.807) is 23.1 Å². The number of carbonyl (C=O) groups excluding carboxylic acids is 2. The lowest BCUT2D eigenvalue weighted by Crippen LogP contribution is -2.47. The summed E-state index contributed by atoms with van der Waals surface area (Å²) < 4.78 is 5.63. The highest BCUT2D eigenvalue weighted by molar-refractivity contribution is 6.42. The Morgan fingerprint density at radius 2 is 1.79 bits per heavy atom. The first-order chi connectivity index (χ1) is 13.8. The molecule has 2 amide bonds. The van der Waals surface area contributed by atoms with Crippen LogP contribution < -0.4 is 10.1 Å². The van der Waals surface area contributed by atoms with Crippen molar-refractivity contribution in [1.29, 1.82) is 0 Å². The van der Waals surface area contributed by atoms with Crippen LogP contribution in [0.5, 0.6) is 5.75 Å². The number of amides is 2. The molecule has 0 radical (unpaired) electrons. The van der Waals surface area contributed by atoms with Gasteiger partial charge in [-0.3, -0.25) is 9.59 Å². The Labute approximate surface area is 180 Å². The number of halogens is 2. The maximum atomic E-state index is 12.6. The van der Waals surface area contributed by atoms with Gasteiger partial charge in [0.25, 0.3) is 11.8 Å². The van der Waals surface area contributed by atoms with Gasteiger partial charge in [-0.1, -0.05) is 40.9 Å². The van der Waals surface area contributed by atoms with Gasteiger partial charge in [0, 0.05) is 24.7 Å². The van der Waals surface area contributed by atoms with Crippen LogP contribution in [0.1, 0.15) is 34.3 Å². The average molecular weight is 435 g/mol. The van der Waals surface area contributed by atoms with Crippen molar-refractivity contribution in [1.82, 2.24) is 10.2 Å². The molecule has 1 fully saturated rings. The highest BCUT2D eigenvalue weighted by Gasteiger charge is 2.25. The van der Waals surface area contributed by atoms with E-state index in [1.807, 2.05) is 32.0 Å². The molecule has 0 spiro atoms. The fourth-order valence-corrected chi connectivity index (χ4v) is 3.71. The fraction of sp³-hybridized carbons (Fsp3) is 0.364. The van der Waals surface area contributed by atoms with Crippen molar-refractivity contribution in [2.75, 3.05) is 19.7 Å². The standard InChI is InChI=1S/C22H24Cl2N2O3/c1-14-3-6-20(15(2)11-14)29-13-21(27)25-17-7-9-26(10-8-17)22(28)16-4-5-18(23)19(24)12-16/h3-6,11-12,17H,7-10,13H2,1-2H3,(H,25,27). The van der Waals surface area contributed by atoms with Gasteiger partial charge in [-0.05, 0) is 56.5 Å². The van der Waals surface area contributed by atoms with Crippen LogP contribution in [0, 0.1) is 13.8 Å². The summed E-state index contributed by atoms with van der Waals surface area (Å²) in [4.78, 5) is 26.6. The zero-order chi connectivity index (χ0) is 21.0. The molecule has 0 atom stereocenters. The van der Waals surface area contributed by atoms with Crippen molar-refractivity contribution < 1.29 is 14.3 Å². The van der Waals surface area contributed by atoms with E-state index in [0.29, 0.717) is 47.3 Å². The molecule has 1 N–H and O–H groups in total. The number of aryl methyl sites for hydroxylation is 2. The first kappa shape index (κ1) is 21.5. The molecule has 1 heterocycles. The van der Waals surface area contributed by atoms with Crippen LogP contribution in [-0.2, 0) is 4.79 Å². The molecule has 2 aromatic carbocycles. The molecule has 0 aromatic heterocycles. The number of ether oxygens (including phenoxy) is 1. The molecule has 0 saturated carbocycles. The second kappa shape index (κ2) is 9.51. The SMILES string of the molecule is Cc1ccc(OCC(=O)NC2CCN(C(=O)c3ccc(Cl)c(Cl)c3)CC2)c(C)c1. The molecular weight excluding hydrogens is 411 g/mol. The number of rotatable bonds is 5. The van der Waals surface area contributed by atoms with E-state index in [1.165, 1.54) is 0 Å². The van der Waals surface area contributed by atoms with Crippen molar-refractivity contribution in [2.45, 2.75) is 32.7 Å². The average Bonchev–Trinajstić information content (AvgIpc) is 2.69. The molecule has 3 rings (SSSR count). The molecule has 0 bridgehead atoms. The number of nitrogens with one attached hydrogen (secondary N) is 1. The maximum absolute atomic E-state index is 12.6. The van der Waals surface area contributed by atoms with Crippen LogP contribution in [0.3, 0.4) is 0 Å². The molecule has 154 valence electrons. The monoisotopic (exact) mass is 434 g/mol. The van der Waals surface area contributed by atoms with Gasteiger partial charge in [0.05, 0.1) is 10.0 Å². The predicted octanol–water partition coefficient (Wildman–Crippen LogP) is 4.41. The van der Waals surface area contributed by atoms with Crippen LogP contribution >= 0.6 is 23.2 Å². The van der Waals surface area contributed by atoms with E-state index in [9.17, 15) is 9.59 Å². The van der Waals surface area contributed by atoms with E-state index in [-0.39, 0.29) is 24.5 Å². The summed E-state index contributed by atoms with van der Waals surface area (Å²) >= 11 is 11.9. The number of likely N-dealkylation sites (tertiary alicyclic amines) is 1. The molecule has 1 aliphatic rings. The number of hydrogen-bond acceptors (Lipinski definition) is 3. The van der Waals surface area contributed by atoms with Crippen LogP contribution in [0.15, 0.2) is 36.4 Å². The third-order valence-corrected chi connectivity index (χ3v) is 5.74. The fourth-order valence-electron chi connectivity index (χ4n) is 3.41. The summed E-state index contributed by atoms with van der Waals surface area (Å²) in [7, 11) is 0. The predicted molar refractivity (Wildman–Crippen MR) is 115 cm³/mol. The van der Waals surface area contributed by atoms with Gasteiger partial charge in [-0.25, -0.2) is 0 Å². The smallest absolute Gasteiger partial charge is 0.258 e. The molecule has 2 aromatic rings. The number of hydrogen-bond donors (Lipinski definition) is 1. The summed E-state index contributed by atoms with van der Waals surface area (Å²) in [6.07, 6.45) is 1.39. The highest BCUT2D eigenvalue weighted by Crippen LogP contribution is 2.24. The van der Waals surface area contributed by atoms with Crippen molar-refractivity contribution in [2.24, 2.45) is 0 Å². The summed E-state index contributed by atoms with van der Waals surface area (Å²) in [5, 5.41) is 3.78. The number of piperidine rings is 1. The molecular formula is C22H24Cl2N2O3. The van der Waals surface area contributed by atoms with Crippen LogP contribution in [0.25, 0.3) is 0 Å². The molecule has 7 heteroatoms. The Morgan fingerprint density at radius 1 is 1.07 bits per heavy atom. The van der Waals surface area contributed by atoms with Gasteiger partial charge in [-0.15, -0.1) is 0 Å². The van der Waals surface area contributed by atoms with Crippen molar-refractivity contribution in [3.05, 3.63) is 63.1 Å². The maximum Gasteiger partial charge on any atom is 0.258 e. The van der Waals surface area contributed by atoms with E-state index in [2.05, 4.69) is 5.32 Å². The van der Waals surface area contributed by atoms with Gasteiger partial charge in [-0.2, -0.15) is 0 Å². The Bertz CT molecular complexity index is 909. The number of carbonyl (C=O) groups is 2. The molecule has 0 unspecified atom stereocenters. The Balaban J connectivity index is 1.46. The zero-order valence-corrected chi connectivity index (χ0v) is 18.0. The topological polar surface area (TPSA) is 58.6 Å². The van der Waals surface area contributed by atoms with Gasteiger partial charge < -0.3 is 15.0 Å². The summed E-state index contributed by atoms with van der Waals surface area (Å²) in [5.74, 6) is 0.485. The zero-order valence-electron chi connectivity index (χ0n) is 16.5. The first-order valence-electron chi connectivity index (χ1n) is 9.57. The lowest BCUT2D eigenvalue weighted by atomic mass is 10.0. The molecule has 1 aliphatic heterocycles. The van der Waals surface area contributed by atoms with E-state index in [0.717, 1.165) is 11.1 Å². The van der Waals surface area contributed by atoms with Crippen molar-refractivity contribution in [3.8, 4) is 5.75 Å². The molecule has 5 nitrogen and oxygen atoms in total. The summed E-state index contributed by atoms with van der Waals surface area (Å²) in [6.45, 7) is 5.10. The lowest BCUT2D eigenvalue weighted by molar-refractivity contribution is -0.124. The molecule has 0 aliphatic carbocycles. The lowest BCUT2D eigenvalue weighted by Gasteiger charge is -2.32. The molecule has 1 saturated heterocycles. The van der Waals surface area contributed by atoms with Gasteiger partial charge >= 0.3 is 0 Å². The van der Waals surface area contributed by atoms with E-state index in [4.69, 9.17) is 27.9 Å². The van der Waals surface area contributed by atoms with Crippen molar-refractivity contribution in [3.63, 3.8) is 0 Å². The van der Waals surface area contributed by atoms with Gasteiger partial charge in [0.1, 0.15) is 5.75 Å². The minimum absolute atomic E-state index is 0.0215. The van der Waals surface area contributed by atoms with E-state index < -0.39 is 0 Å². The number of benzene rings is 2. The third kappa shape index (κ3) is 5.64. The Hall–Kier alpha value is -2.24. The minimum Gasteiger partial charge on any atom is -0.484 e. The van der Waals surface area contributed by atoms with Gasteiger partial charge in [0.2, 0.25) is 0 Å². The minimum atomic E-state index is -0.153. The summed E-state index contributed by atoms with van der Waals surface area (Å²) in [5.41, 5.74) is 2.68. The largest absolute Gasteiger partial charge is 0.484 e. The van der Waals surface area contributed by atoms with Crippen molar-refractivity contribution >= 4 is 35.0 Å². The van der Waals surface area contributed by atoms with Gasteiger partial charge in [0.15, 0.2) is 6.61 Å². The first-order valence-corrected chi connectivity index (χ1v) is 10.3. The second-order valence-corrected chi connectivity index (χ2v) is 8.13. The van der Waals surface area contributed by atoms with E-state index >= 15 is 0 Å². The summed E-state index contributed by atoms with van der Waals surface area (Å²) in [6, 6.07) is 10.8. The molecule has 29 heavy (non-hydrogen) atoms. The Kier molecular flexibility index (Phi) is 7.04. The van der Waals surface area contributed by atoms with Crippen LogP contribution in [-0.4, -0.2) is 42.5 Å². The third-order valence-electron chi connectivity index (χ3n) is 5.00. The number of nitrogens with zero attached hydrogens (tertiary/aromatic N) is 1. The second-order valence-electron chi connectivity index (χ2n) is 7.32.